The number of anilines is 1. The Morgan fingerprint density at radius 1 is 1.05 bits per heavy atom. The standard InChI is InChI=1S/C16H15N3/c17-11-15-5-8-18-12-16(15)19-9-6-13-3-1-2-4-14(13)7-10-19/h1-5,8,12H,6-7,9-10H2. The average molecular weight is 249 g/mol. The van der Waals surface area contributed by atoms with Crippen LogP contribution >= 0.6 is 0 Å². The van der Waals surface area contributed by atoms with Gasteiger partial charge in [0.2, 0.25) is 0 Å². The lowest BCUT2D eigenvalue weighted by molar-refractivity contribution is 0.802. The van der Waals surface area contributed by atoms with E-state index in [1.807, 2.05) is 0 Å². The first-order chi connectivity index (χ1) is 9.38. The Morgan fingerprint density at radius 2 is 1.74 bits per heavy atom. The van der Waals surface area contributed by atoms with E-state index in [0.29, 0.717) is 5.56 Å². The highest BCUT2D eigenvalue weighted by Gasteiger charge is 2.16. The molecule has 0 saturated carbocycles. The number of aromatic nitrogens is 1. The van der Waals surface area contributed by atoms with Gasteiger partial charge in [-0.15, -0.1) is 0 Å². The van der Waals surface area contributed by atoms with E-state index in [9.17, 15) is 5.26 Å². The third-order valence-electron chi connectivity index (χ3n) is 3.68. The summed E-state index contributed by atoms with van der Waals surface area (Å²) in [7, 11) is 0. The summed E-state index contributed by atoms with van der Waals surface area (Å²) < 4.78 is 0. The molecule has 0 spiro atoms. The van der Waals surface area contributed by atoms with E-state index in [2.05, 4.69) is 40.2 Å². The molecule has 0 atom stereocenters. The van der Waals surface area contributed by atoms with Crippen LogP contribution in [0.4, 0.5) is 5.69 Å². The molecular formula is C16H15N3. The molecule has 0 radical (unpaired) electrons. The molecule has 0 unspecified atom stereocenters. The van der Waals surface area contributed by atoms with Crippen LogP contribution in [0.5, 0.6) is 0 Å². The van der Waals surface area contributed by atoms with Gasteiger partial charge in [-0.05, 0) is 30.0 Å². The van der Waals surface area contributed by atoms with Crippen molar-refractivity contribution in [2.24, 2.45) is 0 Å². The summed E-state index contributed by atoms with van der Waals surface area (Å²) in [4.78, 5) is 6.42. The van der Waals surface area contributed by atoms with Crippen molar-refractivity contribution < 1.29 is 0 Å². The fourth-order valence-corrected chi connectivity index (χ4v) is 2.64. The highest BCUT2D eigenvalue weighted by Crippen LogP contribution is 2.23. The van der Waals surface area contributed by atoms with Crippen molar-refractivity contribution in [2.45, 2.75) is 12.8 Å². The first-order valence-electron chi connectivity index (χ1n) is 6.54. The molecule has 3 rings (SSSR count). The maximum Gasteiger partial charge on any atom is 0.101 e. The van der Waals surface area contributed by atoms with Crippen molar-refractivity contribution >= 4 is 5.69 Å². The number of hydrogen-bond acceptors (Lipinski definition) is 3. The van der Waals surface area contributed by atoms with Crippen LogP contribution in [0.2, 0.25) is 0 Å². The highest BCUT2D eigenvalue weighted by molar-refractivity contribution is 5.58. The van der Waals surface area contributed by atoms with E-state index >= 15 is 0 Å². The van der Waals surface area contributed by atoms with E-state index < -0.39 is 0 Å². The topological polar surface area (TPSA) is 39.9 Å². The normalized spacial score (nSPS) is 14.4. The van der Waals surface area contributed by atoms with Crippen molar-refractivity contribution in [3.63, 3.8) is 0 Å². The van der Waals surface area contributed by atoms with Gasteiger partial charge in [0.1, 0.15) is 6.07 Å². The Morgan fingerprint density at radius 3 is 2.37 bits per heavy atom. The van der Waals surface area contributed by atoms with Crippen molar-refractivity contribution in [1.29, 1.82) is 5.26 Å². The number of nitriles is 1. The third kappa shape index (κ3) is 2.30. The molecule has 1 aromatic carbocycles. The number of pyridine rings is 1. The molecule has 1 aliphatic heterocycles. The fraction of sp³-hybridized carbons (Fsp3) is 0.250. The molecular weight excluding hydrogens is 234 g/mol. The van der Waals surface area contributed by atoms with E-state index in [1.165, 1.54) is 11.1 Å². The van der Waals surface area contributed by atoms with Crippen molar-refractivity contribution in [1.82, 2.24) is 4.98 Å². The van der Waals surface area contributed by atoms with Crippen molar-refractivity contribution in [3.8, 4) is 6.07 Å². The Kier molecular flexibility index (Phi) is 3.16. The van der Waals surface area contributed by atoms with Crippen LogP contribution in [0.15, 0.2) is 42.7 Å². The Bertz CT molecular complexity index is 601. The molecule has 3 nitrogen and oxygen atoms in total. The van der Waals surface area contributed by atoms with Gasteiger partial charge in [0.15, 0.2) is 0 Å². The minimum Gasteiger partial charge on any atom is -0.369 e. The number of rotatable bonds is 1. The predicted octanol–water partition coefficient (Wildman–Crippen LogP) is 2.56. The molecule has 0 saturated heterocycles. The number of nitrogens with zero attached hydrogens (tertiary/aromatic N) is 3. The summed E-state index contributed by atoms with van der Waals surface area (Å²) in [6, 6.07) is 12.6. The summed E-state index contributed by atoms with van der Waals surface area (Å²) in [6.45, 7) is 1.88. The quantitative estimate of drug-likeness (QED) is 0.779. The molecule has 2 aromatic rings. The van der Waals surface area contributed by atoms with Crippen LogP contribution in [-0.2, 0) is 12.8 Å². The lowest BCUT2D eigenvalue weighted by Gasteiger charge is -2.23. The van der Waals surface area contributed by atoms with Gasteiger partial charge in [-0.2, -0.15) is 5.26 Å². The molecule has 0 amide bonds. The molecule has 0 bridgehead atoms. The average Bonchev–Trinajstić information content (AvgIpc) is 2.70. The predicted molar refractivity (Wildman–Crippen MR) is 75.0 cm³/mol. The molecule has 1 aromatic heterocycles. The summed E-state index contributed by atoms with van der Waals surface area (Å²) in [5, 5.41) is 9.19. The molecule has 94 valence electrons. The number of hydrogen-bond donors (Lipinski definition) is 0. The van der Waals surface area contributed by atoms with Gasteiger partial charge in [-0.1, -0.05) is 24.3 Å². The van der Waals surface area contributed by atoms with Crippen molar-refractivity contribution in [3.05, 3.63) is 59.4 Å². The van der Waals surface area contributed by atoms with Crippen LogP contribution in [0.25, 0.3) is 0 Å². The van der Waals surface area contributed by atoms with Crippen LogP contribution in [0.3, 0.4) is 0 Å². The molecule has 3 heteroatoms. The van der Waals surface area contributed by atoms with E-state index in [0.717, 1.165) is 31.6 Å². The second kappa shape index (κ2) is 5.11. The number of fused-ring (bicyclic) bond motifs is 1. The Hall–Kier alpha value is -2.34. The monoisotopic (exact) mass is 249 g/mol. The SMILES string of the molecule is N#Cc1ccncc1N1CCc2ccccc2CC1. The van der Waals surface area contributed by atoms with Gasteiger partial charge in [0.05, 0.1) is 17.4 Å². The summed E-state index contributed by atoms with van der Waals surface area (Å²) in [6.07, 6.45) is 5.52. The van der Waals surface area contributed by atoms with Crippen LogP contribution in [0, 0.1) is 11.3 Å². The lowest BCUT2D eigenvalue weighted by Crippen LogP contribution is -2.26. The first-order valence-corrected chi connectivity index (χ1v) is 6.54. The van der Waals surface area contributed by atoms with E-state index in [-0.39, 0.29) is 0 Å². The summed E-state index contributed by atoms with van der Waals surface area (Å²) >= 11 is 0. The zero-order valence-electron chi connectivity index (χ0n) is 10.7. The van der Waals surface area contributed by atoms with Crippen LogP contribution in [-0.4, -0.2) is 18.1 Å². The lowest BCUT2D eigenvalue weighted by atomic mass is 10.0. The van der Waals surface area contributed by atoms with Gasteiger partial charge < -0.3 is 4.90 Å². The van der Waals surface area contributed by atoms with E-state index in [1.54, 1.807) is 18.5 Å². The zero-order chi connectivity index (χ0) is 13.1. The fourth-order valence-electron chi connectivity index (χ4n) is 2.64. The minimum absolute atomic E-state index is 0.709. The van der Waals surface area contributed by atoms with Crippen LogP contribution in [0.1, 0.15) is 16.7 Å². The summed E-state index contributed by atoms with van der Waals surface area (Å²) in [5.74, 6) is 0. The minimum atomic E-state index is 0.709. The second-order valence-corrected chi connectivity index (χ2v) is 4.76. The molecule has 0 fully saturated rings. The van der Waals surface area contributed by atoms with Gasteiger partial charge in [-0.3, -0.25) is 4.98 Å². The molecule has 0 N–H and O–H groups in total. The molecule has 1 aliphatic rings. The van der Waals surface area contributed by atoms with Gasteiger partial charge in [-0.25, -0.2) is 0 Å². The Labute approximate surface area is 113 Å². The molecule has 19 heavy (non-hydrogen) atoms. The van der Waals surface area contributed by atoms with Gasteiger partial charge in [0, 0.05) is 19.3 Å². The Balaban J connectivity index is 1.88. The highest BCUT2D eigenvalue weighted by atomic mass is 15.1. The maximum absolute atomic E-state index is 9.19. The summed E-state index contributed by atoms with van der Waals surface area (Å²) in [5.41, 5.74) is 4.51. The third-order valence-corrected chi connectivity index (χ3v) is 3.68. The van der Waals surface area contributed by atoms with Gasteiger partial charge in [0.25, 0.3) is 0 Å². The molecule has 0 aliphatic carbocycles. The van der Waals surface area contributed by atoms with Crippen LogP contribution < -0.4 is 4.90 Å². The van der Waals surface area contributed by atoms with Gasteiger partial charge >= 0.3 is 0 Å². The number of benzene rings is 1. The van der Waals surface area contributed by atoms with E-state index in [4.69, 9.17) is 0 Å². The smallest absolute Gasteiger partial charge is 0.101 e. The maximum atomic E-state index is 9.19. The zero-order valence-corrected chi connectivity index (χ0v) is 10.7. The van der Waals surface area contributed by atoms with Crippen molar-refractivity contribution in [2.75, 3.05) is 18.0 Å². The first kappa shape index (κ1) is 11.7. The largest absolute Gasteiger partial charge is 0.369 e. The molecule has 2 heterocycles. The second-order valence-electron chi connectivity index (χ2n) is 4.76.